The highest BCUT2D eigenvalue weighted by molar-refractivity contribution is 9.10. The van der Waals surface area contributed by atoms with Crippen molar-refractivity contribution in [1.29, 1.82) is 0 Å². The summed E-state index contributed by atoms with van der Waals surface area (Å²) in [4.78, 5) is 31.1. The van der Waals surface area contributed by atoms with Gasteiger partial charge in [0.25, 0.3) is 0 Å². The number of fused-ring (bicyclic) bond motifs is 1. The third-order valence-electron chi connectivity index (χ3n) is 6.87. The maximum Gasteiger partial charge on any atom is 0.226 e. The first kappa shape index (κ1) is 25.7. The SMILES string of the molecule is CCC(=O)N1CCc2cc(Br)c(S(=O)(=O)CCC(=O)N3CCN(c4cccc(C)c4)C(C)C3)cc21. The van der Waals surface area contributed by atoms with E-state index in [9.17, 15) is 18.0 Å². The molecule has 0 aliphatic carbocycles. The number of carbonyl (C=O) groups excluding carboxylic acids is 2. The van der Waals surface area contributed by atoms with Crippen molar-refractivity contribution in [1.82, 2.24) is 4.90 Å². The lowest BCUT2D eigenvalue weighted by Gasteiger charge is -2.41. The van der Waals surface area contributed by atoms with Gasteiger partial charge in [-0.1, -0.05) is 19.1 Å². The monoisotopic (exact) mass is 561 g/mol. The lowest BCUT2D eigenvalue weighted by atomic mass is 10.1. The molecule has 0 N–H and O–H groups in total. The molecule has 1 unspecified atom stereocenters. The van der Waals surface area contributed by atoms with E-state index in [1.165, 1.54) is 5.56 Å². The number of piperazine rings is 1. The number of benzene rings is 2. The molecule has 4 rings (SSSR count). The molecule has 0 aromatic heterocycles. The van der Waals surface area contributed by atoms with Crippen molar-refractivity contribution in [2.24, 2.45) is 0 Å². The Morgan fingerprint density at radius 3 is 2.54 bits per heavy atom. The summed E-state index contributed by atoms with van der Waals surface area (Å²) in [7, 11) is -3.72. The van der Waals surface area contributed by atoms with Crippen molar-refractivity contribution in [3.05, 3.63) is 52.0 Å². The van der Waals surface area contributed by atoms with E-state index in [0.717, 1.165) is 11.3 Å². The highest BCUT2D eigenvalue weighted by Crippen LogP contribution is 2.36. The fraction of sp³-hybridized carbons (Fsp3) is 0.462. The van der Waals surface area contributed by atoms with Crippen LogP contribution >= 0.6 is 15.9 Å². The summed E-state index contributed by atoms with van der Waals surface area (Å²) in [5.74, 6) is -0.440. The molecule has 0 bridgehead atoms. The van der Waals surface area contributed by atoms with Crippen LogP contribution < -0.4 is 9.80 Å². The fourth-order valence-corrected chi connectivity index (χ4v) is 7.38. The molecule has 2 aliphatic heterocycles. The summed E-state index contributed by atoms with van der Waals surface area (Å²) in [5.41, 5.74) is 3.95. The van der Waals surface area contributed by atoms with Gasteiger partial charge in [0.1, 0.15) is 0 Å². The molecule has 1 atom stereocenters. The Balaban J connectivity index is 1.42. The first-order valence-corrected chi connectivity index (χ1v) is 14.5. The third kappa shape index (κ3) is 5.40. The fourth-order valence-electron chi connectivity index (χ4n) is 4.94. The smallest absolute Gasteiger partial charge is 0.226 e. The zero-order valence-electron chi connectivity index (χ0n) is 20.5. The van der Waals surface area contributed by atoms with Crippen LogP contribution in [0.3, 0.4) is 0 Å². The second kappa shape index (κ2) is 10.3. The number of amides is 2. The molecule has 1 fully saturated rings. The Morgan fingerprint density at radius 2 is 1.86 bits per heavy atom. The van der Waals surface area contributed by atoms with Crippen LogP contribution in [0.4, 0.5) is 11.4 Å². The largest absolute Gasteiger partial charge is 0.365 e. The minimum absolute atomic E-state index is 0.0245. The predicted molar refractivity (Wildman–Crippen MR) is 142 cm³/mol. The predicted octanol–water partition coefficient (Wildman–Crippen LogP) is 3.96. The Morgan fingerprint density at radius 1 is 1.09 bits per heavy atom. The van der Waals surface area contributed by atoms with Gasteiger partial charge in [0, 0.05) is 60.9 Å². The van der Waals surface area contributed by atoms with Gasteiger partial charge in [0.05, 0.1) is 10.6 Å². The summed E-state index contributed by atoms with van der Waals surface area (Å²) in [6.07, 6.45) is 0.994. The standard InChI is InChI=1S/C26H32BrN3O4S/c1-4-25(31)30-10-8-20-15-22(27)24(16-23(20)30)35(33,34)13-9-26(32)28-11-12-29(19(3)17-28)21-7-5-6-18(2)14-21/h5-7,14-16,19H,4,8-13,17H2,1-3H3. The van der Waals surface area contributed by atoms with Crippen molar-refractivity contribution in [2.45, 2.75) is 51.0 Å². The number of hydrogen-bond acceptors (Lipinski definition) is 5. The minimum atomic E-state index is -3.72. The summed E-state index contributed by atoms with van der Waals surface area (Å²) in [6, 6.07) is 11.8. The summed E-state index contributed by atoms with van der Waals surface area (Å²) < 4.78 is 26.9. The maximum absolute atomic E-state index is 13.2. The van der Waals surface area contributed by atoms with Crippen LogP contribution in [0.5, 0.6) is 0 Å². The van der Waals surface area contributed by atoms with E-state index in [1.54, 1.807) is 28.9 Å². The average molecular weight is 563 g/mol. The lowest BCUT2D eigenvalue weighted by molar-refractivity contribution is -0.131. The first-order chi connectivity index (χ1) is 16.6. The van der Waals surface area contributed by atoms with E-state index in [4.69, 9.17) is 0 Å². The molecule has 2 aromatic rings. The van der Waals surface area contributed by atoms with Gasteiger partial charge in [0.15, 0.2) is 9.84 Å². The molecule has 9 heteroatoms. The van der Waals surface area contributed by atoms with Crippen molar-refractivity contribution in [3.8, 4) is 0 Å². The summed E-state index contributed by atoms with van der Waals surface area (Å²) in [6.45, 7) is 8.33. The van der Waals surface area contributed by atoms with E-state index >= 15 is 0 Å². The number of rotatable bonds is 6. The van der Waals surface area contributed by atoms with Crippen LogP contribution in [0.25, 0.3) is 0 Å². The van der Waals surface area contributed by atoms with Crippen LogP contribution in [0.2, 0.25) is 0 Å². The van der Waals surface area contributed by atoms with Crippen molar-refractivity contribution in [2.75, 3.05) is 41.7 Å². The number of aryl methyl sites for hydroxylation is 1. The minimum Gasteiger partial charge on any atom is -0.365 e. The van der Waals surface area contributed by atoms with Gasteiger partial charge in [-0.25, -0.2) is 8.42 Å². The van der Waals surface area contributed by atoms with E-state index in [2.05, 4.69) is 52.9 Å². The van der Waals surface area contributed by atoms with E-state index in [0.29, 0.717) is 49.2 Å². The van der Waals surface area contributed by atoms with Crippen LogP contribution in [0, 0.1) is 6.92 Å². The highest BCUT2D eigenvalue weighted by Gasteiger charge is 2.30. The topological polar surface area (TPSA) is 78.0 Å². The Hall–Kier alpha value is -2.39. The second-order valence-corrected chi connectivity index (χ2v) is 12.3. The highest BCUT2D eigenvalue weighted by atomic mass is 79.9. The van der Waals surface area contributed by atoms with Crippen molar-refractivity contribution >= 4 is 49.0 Å². The molecule has 0 spiro atoms. The first-order valence-electron chi connectivity index (χ1n) is 12.1. The molecular weight excluding hydrogens is 530 g/mol. The van der Waals surface area contributed by atoms with Crippen LogP contribution in [-0.4, -0.2) is 63.1 Å². The molecule has 188 valence electrons. The number of nitrogens with zero attached hydrogens (tertiary/aromatic N) is 3. The molecule has 1 saturated heterocycles. The molecule has 2 aromatic carbocycles. The Bertz CT molecular complexity index is 1250. The quantitative estimate of drug-likeness (QED) is 0.533. The van der Waals surface area contributed by atoms with Gasteiger partial charge < -0.3 is 14.7 Å². The summed E-state index contributed by atoms with van der Waals surface area (Å²) in [5, 5.41) is 0. The second-order valence-electron chi connectivity index (χ2n) is 9.35. The molecule has 7 nitrogen and oxygen atoms in total. The molecule has 2 heterocycles. The maximum atomic E-state index is 13.2. The van der Waals surface area contributed by atoms with Gasteiger partial charge in [-0.2, -0.15) is 0 Å². The number of hydrogen-bond donors (Lipinski definition) is 0. The normalized spacial score (nSPS) is 18.1. The molecule has 35 heavy (non-hydrogen) atoms. The van der Waals surface area contributed by atoms with Gasteiger partial charge in [-0.05, 0) is 71.6 Å². The molecular formula is C26H32BrN3O4S. The Kier molecular flexibility index (Phi) is 7.57. The van der Waals surface area contributed by atoms with Gasteiger partial charge in [0.2, 0.25) is 11.8 Å². The number of carbonyl (C=O) groups is 2. The van der Waals surface area contributed by atoms with Gasteiger partial charge >= 0.3 is 0 Å². The van der Waals surface area contributed by atoms with E-state index in [-0.39, 0.29) is 34.9 Å². The van der Waals surface area contributed by atoms with Crippen molar-refractivity contribution in [3.63, 3.8) is 0 Å². The van der Waals surface area contributed by atoms with Crippen molar-refractivity contribution < 1.29 is 18.0 Å². The van der Waals surface area contributed by atoms with E-state index in [1.807, 2.05) is 6.07 Å². The summed E-state index contributed by atoms with van der Waals surface area (Å²) >= 11 is 3.40. The number of sulfone groups is 1. The lowest BCUT2D eigenvalue weighted by Crippen LogP contribution is -2.54. The molecule has 0 radical (unpaired) electrons. The van der Waals surface area contributed by atoms with Crippen LogP contribution in [0.15, 0.2) is 45.8 Å². The zero-order valence-corrected chi connectivity index (χ0v) is 22.9. The zero-order chi connectivity index (χ0) is 25.3. The molecule has 0 saturated carbocycles. The average Bonchev–Trinajstić information content (AvgIpc) is 3.24. The molecule has 2 amide bonds. The number of anilines is 2. The van der Waals surface area contributed by atoms with Gasteiger partial charge in [-0.15, -0.1) is 0 Å². The number of halogens is 1. The third-order valence-corrected chi connectivity index (χ3v) is 9.53. The van der Waals surface area contributed by atoms with Crippen LogP contribution in [0.1, 0.15) is 37.8 Å². The van der Waals surface area contributed by atoms with Gasteiger partial charge in [-0.3, -0.25) is 9.59 Å². The van der Waals surface area contributed by atoms with Crippen LogP contribution in [-0.2, 0) is 25.8 Å². The Labute approximate surface area is 216 Å². The van der Waals surface area contributed by atoms with E-state index < -0.39 is 9.84 Å². The molecule has 2 aliphatic rings.